The van der Waals surface area contributed by atoms with Gasteiger partial charge in [-0.25, -0.2) is 0 Å². The molecule has 0 radical (unpaired) electrons. The third-order valence-electron chi connectivity index (χ3n) is 2.31. The number of halogens is 3. The zero-order valence-electron chi connectivity index (χ0n) is 10.2. The molecule has 0 aliphatic carbocycles. The van der Waals surface area contributed by atoms with Crippen LogP contribution in [0.3, 0.4) is 0 Å². The number of hydrogen-bond donors (Lipinski definition) is 2. The monoisotopic (exact) mass is 277 g/mol. The molecule has 0 saturated carbocycles. The van der Waals surface area contributed by atoms with Crippen molar-refractivity contribution in [2.45, 2.75) is 12.2 Å². The van der Waals surface area contributed by atoms with Gasteiger partial charge in [-0.2, -0.15) is 13.2 Å². The highest BCUT2D eigenvalue weighted by atomic mass is 19.4. The zero-order chi connectivity index (χ0) is 14.5. The fourth-order valence-electron chi connectivity index (χ4n) is 1.33. The Morgan fingerprint density at radius 1 is 1.53 bits per heavy atom. The smallest absolute Gasteiger partial charge is 0.383 e. The predicted molar refractivity (Wildman–Crippen MR) is 61.4 cm³/mol. The van der Waals surface area contributed by atoms with Crippen molar-refractivity contribution in [3.8, 4) is 0 Å². The van der Waals surface area contributed by atoms with Crippen LogP contribution in [0.15, 0.2) is 18.3 Å². The van der Waals surface area contributed by atoms with Crippen molar-refractivity contribution in [3.63, 3.8) is 0 Å². The van der Waals surface area contributed by atoms with Crippen LogP contribution in [0.5, 0.6) is 0 Å². The highest BCUT2D eigenvalue weighted by Gasteiger charge is 2.31. The molecule has 19 heavy (non-hydrogen) atoms. The highest BCUT2D eigenvalue weighted by Crippen LogP contribution is 2.28. The topological polar surface area (TPSA) is 77.2 Å². The third kappa shape index (κ3) is 4.49. The summed E-state index contributed by atoms with van der Waals surface area (Å²) in [7, 11) is 1.45. The van der Waals surface area contributed by atoms with Crippen LogP contribution >= 0.6 is 0 Å². The summed E-state index contributed by atoms with van der Waals surface area (Å²) in [6.45, 7) is 0.364. The molecule has 106 valence electrons. The van der Waals surface area contributed by atoms with Gasteiger partial charge in [0.05, 0.1) is 18.2 Å². The Bertz CT molecular complexity index is 420. The van der Waals surface area contributed by atoms with Gasteiger partial charge in [-0.3, -0.25) is 9.78 Å². The average Bonchev–Trinajstić information content (AvgIpc) is 2.37. The Morgan fingerprint density at radius 2 is 2.21 bits per heavy atom. The molecule has 0 spiro atoms. The predicted octanol–water partition coefficient (Wildman–Crippen LogP) is 0.804. The van der Waals surface area contributed by atoms with Crippen LogP contribution < -0.4 is 11.1 Å². The Morgan fingerprint density at radius 3 is 2.63 bits per heavy atom. The number of nitrogens with two attached hydrogens (primary N) is 1. The first kappa shape index (κ1) is 15.4. The van der Waals surface area contributed by atoms with E-state index in [9.17, 15) is 18.0 Å². The first-order valence-corrected chi connectivity index (χ1v) is 5.41. The molecule has 1 atom stereocenters. The molecule has 0 aliphatic heterocycles. The van der Waals surface area contributed by atoms with Gasteiger partial charge in [0.15, 0.2) is 0 Å². The number of nitrogens with zero attached hydrogens (tertiary/aromatic N) is 1. The van der Waals surface area contributed by atoms with Crippen molar-refractivity contribution in [2.75, 3.05) is 20.3 Å². The average molecular weight is 277 g/mol. The Hall–Kier alpha value is -1.67. The normalized spacial score (nSPS) is 13.1. The second-order valence-electron chi connectivity index (χ2n) is 3.79. The molecule has 3 N–H and O–H groups in total. The van der Waals surface area contributed by atoms with Crippen LogP contribution in [-0.4, -0.2) is 37.2 Å². The second-order valence-corrected chi connectivity index (χ2v) is 3.79. The summed E-state index contributed by atoms with van der Waals surface area (Å²) < 4.78 is 41.8. The minimum atomic E-state index is -4.47. The molecular weight excluding hydrogens is 263 g/mol. The number of alkyl halides is 3. The number of rotatable bonds is 5. The molecule has 1 unspecified atom stereocenters. The van der Waals surface area contributed by atoms with Crippen molar-refractivity contribution in [1.82, 2.24) is 10.3 Å². The molecule has 1 aromatic heterocycles. The number of aromatic nitrogens is 1. The Balaban J connectivity index is 2.73. The van der Waals surface area contributed by atoms with E-state index in [4.69, 9.17) is 10.5 Å². The summed E-state index contributed by atoms with van der Waals surface area (Å²) in [5, 5.41) is 2.51. The van der Waals surface area contributed by atoms with Crippen LogP contribution in [0.25, 0.3) is 0 Å². The minimum Gasteiger partial charge on any atom is -0.383 e. The maximum absolute atomic E-state index is 12.3. The highest BCUT2D eigenvalue weighted by molar-refractivity contribution is 5.92. The Labute approximate surface area is 108 Å². The maximum atomic E-state index is 12.3. The van der Waals surface area contributed by atoms with E-state index in [1.807, 2.05) is 0 Å². The molecule has 8 heteroatoms. The summed E-state index contributed by atoms with van der Waals surface area (Å²) in [4.78, 5) is 15.2. The summed E-state index contributed by atoms with van der Waals surface area (Å²) in [6, 6.07) is 1.40. The van der Waals surface area contributed by atoms with Crippen LogP contribution in [0.4, 0.5) is 13.2 Å². The lowest BCUT2D eigenvalue weighted by Gasteiger charge is -2.15. The number of pyridine rings is 1. The Kier molecular flexibility index (Phi) is 5.25. The third-order valence-corrected chi connectivity index (χ3v) is 2.31. The fourth-order valence-corrected chi connectivity index (χ4v) is 1.33. The molecule has 1 aromatic rings. The molecule has 0 aromatic carbocycles. The number of hydrogen-bond acceptors (Lipinski definition) is 4. The van der Waals surface area contributed by atoms with Crippen LogP contribution in [0.1, 0.15) is 16.1 Å². The zero-order valence-corrected chi connectivity index (χ0v) is 10.2. The van der Waals surface area contributed by atoms with Crippen molar-refractivity contribution in [2.24, 2.45) is 5.73 Å². The maximum Gasteiger partial charge on any atom is 0.417 e. The number of amides is 1. The number of methoxy groups -OCH3 is 1. The molecule has 1 rings (SSSR count). The second kappa shape index (κ2) is 6.48. The van der Waals surface area contributed by atoms with E-state index in [-0.39, 0.29) is 18.8 Å². The van der Waals surface area contributed by atoms with Crippen LogP contribution in [0, 0.1) is 0 Å². The van der Waals surface area contributed by atoms with E-state index >= 15 is 0 Å². The molecule has 1 heterocycles. The summed E-state index contributed by atoms with van der Waals surface area (Å²) in [5.41, 5.74) is 4.39. The van der Waals surface area contributed by atoms with Gasteiger partial charge in [0, 0.05) is 19.9 Å². The van der Waals surface area contributed by atoms with Gasteiger partial charge in [-0.05, 0) is 12.1 Å². The lowest BCUT2D eigenvalue weighted by atomic mass is 10.2. The summed E-state index contributed by atoms with van der Waals surface area (Å²) >= 11 is 0. The summed E-state index contributed by atoms with van der Waals surface area (Å²) in [6.07, 6.45) is -3.86. The number of ether oxygens (including phenoxy) is 1. The molecule has 0 bridgehead atoms. The molecule has 5 nitrogen and oxygen atoms in total. The van der Waals surface area contributed by atoms with Crippen molar-refractivity contribution >= 4 is 5.91 Å². The van der Waals surface area contributed by atoms with Gasteiger partial charge in [-0.1, -0.05) is 0 Å². The van der Waals surface area contributed by atoms with Crippen molar-refractivity contribution in [1.29, 1.82) is 0 Å². The van der Waals surface area contributed by atoms with Crippen LogP contribution in [0.2, 0.25) is 0 Å². The molecular formula is C11H14F3N3O2. The van der Waals surface area contributed by atoms with E-state index in [1.54, 1.807) is 0 Å². The molecule has 1 amide bonds. The molecule has 0 saturated heterocycles. The molecule has 0 aliphatic rings. The minimum absolute atomic E-state index is 0.109. The van der Waals surface area contributed by atoms with Crippen molar-refractivity contribution in [3.05, 3.63) is 29.6 Å². The largest absolute Gasteiger partial charge is 0.417 e. The van der Waals surface area contributed by atoms with Gasteiger partial charge in [0.25, 0.3) is 5.91 Å². The van der Waals surface area contributed by atoms with Crippen molar-refractivity contribution < 1.29 is 22.7 Å². The summed E-state index contributed by atoms with van der Waals surface area (Å²) in [5.74, 6) is -0.596. The van der Waals surface area contributed by atoms with Crippen LogP contribution in [-0.2, 0) is 10.9 Å². The van der Waals surface area contributed by atoms with E-state index in [1.165, 1.54) is 7.11 Å². The van der Waals surface area contributed by atoms with Gasteiger partial charge in [-0.15, -0.1) is 0 Å². The lowest BCUT2D eigenvalue weighted by molar-refractivity contribution is -0.137. The van der Waals surface area contributed by atoms with E-state index in [0.717, 1.165) is 12.1 Å². The first-order valence-electron chi connectivity index (χ1n) is 5.41. The number of carbonyl (C=O) groups is 1. The SMILES string of the molecule is COCC(CN)NC(=O)c1ccc(C(F)(F)F)cn1. The number of carbonyl (C=O) groups excluding carboxylic acids is 1. The fraction of sp³-hybridized carbons (Fsp3) is 0.455. The van der Waals surface area contributed by atoms with Gasteiger partial charge in [0.2, 0.25) is 0 Å². The number of nitrogens with one attached hydrogen (secondary N) is 1. The van der Waals surface area contributed by atoms with Gasteiger partial charge in [0.1, 0.15) is 5.69 Å². The lowest BCUT2D eigenvalue weighted by Crippen LogP contribution is -2.43. The van der Waals surface area contributed by atoms with E-state index in [0.29, 0.717) is 6.20 Å². The standard InChI is InChI=1S/C11H14F3N3O2/c1-19-6-8(4-15)17-10(18)9-3-2-7(5-16-9)11(12,13)14/h2-3,5,8H,4,6,15H2,1H3,(H,17,18). The van der Waals surface area contributed by atoms with E-state index < -0.39 is 23.7 Å². The molecule has 0 fully saturated rings. The first-order chi connectivity index (χ1) is 8.88. The van der Waals surface area contributed by atoms with Gasteiger partial charge < -0.3 is 15.8 Å². The van der Waals surface area contributed by atoms with E-state index in [2.05, 4.69) is 10.3 Å². The quantitative estimate of drug-likeness (QED) is 0.834. The van der Waals surface area contributed by atoms with Gasteiger partial charge >= 0.3 is 6.18 Å².